The minimum Gasteiger partial charge on any atom is -0.497 e. The van der Waals surface area contributed by atoms with Crippen molar-refractivity contribution in [2.75, 3.05) is 40.4 Å². The van der Waals surface area contributed by atoms with Crippen LogP contribution in [0.25, 0.3) is 0 Å². The SMILES string of the molecule is COc1ccc(C(C#N)N2CCN(C(=O)c3cccc(OC)c3)CC2)cc1. The maximum atomic E-state index is 12.7. The second-order valence-electron chi connectivity index (χ2n) is 6.36. The molecule has 0 spiro atoms. The second kappa shape index (κ2) is 8.56. The minimum atomic E-state index is -0.329. The van der Waals surface area contributed by atoms with Crippen LogP contribution in [-0.2, 0) is 0 Å². The molecule has 6 heteroatoms. The Kier molecular flexibility index (Phi) is 5.94. The van der Waals surface area contributed by atoms with Gasteiger partial charge in [-0.05, 0) is 35.9 Å². The lowest BCUT2D eigenvalue weighted by Crippen LogP contribution is -2.49. The lowest BCUT2D eigenvalue weighted by Gasteiger charge is -2.37. The molecule has 1 saturated heterocycles. The van der Waals surface area contributed by atoms with E-state index in [0.717, 1.165) is 11.3 Å². The van der Waals surface area contributed by atoms with E-state index >= 15 is 0 Å². The summed E-state index contributed by atoms with van der Waals surface area (Å²) in [4.78, 5) is 16.7. The van der Waals surface area contributed by atoms with Gasteiger partial charge in [0.15, 0.2) is 0 Å². The lowest BCUT2D eigenvalue weighted by atomic mass is 10.1. The number of hydrogen-bond acceptors (Lipinski definition) is 5. The molecule has 0 saturated carbocycles. The molecule has 27 heavy (non-hydrogen) atoms. The Morgan fingerprint density at radius 3 is 2.26 bits per heavy atom. The highest BCUT2D eigenvalue weighted by Gasteiger charge is 2.27. The van der Waals surface area contributed by atoms with E-state index in [1.807, 2.05) is 41.3 Å². The third-order valence-electron chi connectivity index (χ3n) is 4.84. The van der Waals surface area contributed by atoms with Gasteiger partial charge in [-0.25, -0.2) is 0 Å². The highest BCUT2D eigenvalue weighted by molar-refractivity contribution is 5.94. The quantitative estimate of drug-likeness (QED) is 0.815. The summed E-state index contributed by atoms with van der Waals surface area (Å²) in [5.74, 6) is 1.43. The monoisotopic (exact) mass is 365 g/mol. The van der Waals surface area contributed by atoms with Crippen molar-refractivity contribution in [3.8, 4) is 17.6 Å². The van der Waals surface area contributed by atoms with Crippen molar-refractivity contribution >= 4 is 5.91 Å². The molecule has 1 aliphatic rings. The molecule has 0 aliphatic carbocycles. The van der Waals surface area contributed by atoms with E-state index in [1.54, 1.807) is 26.4 Å². The van der Waals surface area contributed by atoms with Crippen LogP contribution in [0.3, 0.4) is 0 Å². The lowest BCUT2D eigenvalue weighted by molar-refractivity contribution is 0.0606. The molecule has 2 aromatic carbocycles. The van der Waals surface area contributed by atoms with Crippen LogP contribution in [0.5, 0.6) is 11.5 Å². The molecule has 3 rings (SSSR count). The van der Waals surface area contributed by atoms with Crippen molar-refractivity contribution in [1.82, 2.24) is 9.80 Å². The Hall–Kier alpha value is -3.04. The Labute approximate surface area is 159 Å². The predicted octanol–water partition coefficient (Wildman–Crippen LogP) is 2.73. The van der Waals surface area contributed by atoms with Gasteiger partial charge in [-0.2, -0.15) is 5.26 Å². The summed E-state index contributed by atoms with van der Waals surface area (Å²) in [6.07, 6.45) is 0. The summed E-state index contributed by atoms with van der Waals surface area (Å²) < 4.78 is 10.4. The molecular weight excluding hydrogens is 342 g/mol. The number of rotatable bonds is 5. The third kappa shape index (κ3) is 4.21. The third-order valence-corrected chi connectivity index (χ3v) is 4.84. The molecule has 1 heterocycles. The number of nitriles is 1. The van der Waals surface area contributed by atoms with E-state index in [0.29, 0.717) is 37.5 Å². The first-order chi connectivity index (χ1) is 13.2. The van der Waals surface area contributed by atoms with Crippen LogP contribution in [0, 0.1) is 11.3 Å². The zero-order chi connectivity index (χ0) is 19.2. The van der Waals surface area contributed by atoms with Crippen LogP contribution in [-0.4, -0.2) is 56.1 Å². The largest absolute Gasteiger partial charge is 0.497 e. The summed E-state index contributed by atoms with van der Waals surface area (Å²) in [5, 5.41) is 9.65. The van der Waals surface area contributed by atoms with Gasteiger partial charge >= 0.3 is 0 Å². The maximum Gasteiger partial charge on any atom is 0.254 e. The Morgan fingerprint density at radius 1 is 1.00 bits per heavy atom. The molecule has 0 aromatic heterocycles. The average molecular weight is 365 g/mol. The number of benzene rings is 2. The molecular formula is C21H23N3O3. The first kappa shape index (κ1) is 18.7. The molecule has 0 bridgehead atoms. The van der Waals surface area contributed by atoms with Crippen LogP contribution in [0.4, 0.5) is 0 Å². The summed E-state index contributed by atoms with van der Waals surface area (Å²) in [5.41, 5.74) is 1.56. The predicted molar refractivity (Wildman–Crippen MR) is 102 cm³/mol. The Morgan fingerprint density at radius 2 is 1.67 bits per heavy atom. The number of methoxy groups -OCH3 is 2. The van der Waals surface area contributed by atoms with Gasteiger partial charge in [-0.3, -0.25) is 9.69 Å². The highest BCUT2D eigenvalue weighted by Crippen LogP contribution is 2.24. The number of ether oxygens (including phenoxy) is 2. The fourth-order valence-electron chi connectivity index (χ4n) is 3.28. The number of carbonyl (C=O) groups excluding carboxylic acids is 1. The summed E-state index contributed by atoms with van der Waals surface area (Å²) in [6.45, 7) is 2.48. The van der Waals surface area contributed by atoms with E-state index in [4.69, 9.17) is 9.47 Å². The van der Waals surface area contributed by atoms with Crippen molar-refractivity contribution in [3.63, 3.8) is 0 Å². The van der Waals surface area contributed by atoms with Crippen molar-refractivity contribution < 1.29 is 14.3 Å². The first-order valence-corrected chi connectivity index (χ1v) is 8.87. The number of hydrogen-bond donors (Lipinski definition) is 0. The van der Waals surface area contributed by atoms with Gasteiger partial charge in [-0.1, -0.05) is 18.2 Å². The van der Waals surface area contributed by atoms with Crippen LogP contribution in [0.2, 0.25) is 0 Å². The van der Waals surface area contributed by atoms with Crippen molar-refractivity contribution in [1.29, 1.82) is 5.26 Å². The van der Waals surface area contributed by atoms with Gasteiger partial charge in [0.05, 0.1) is 20.3 Å². The summed E-state index contributed by atoms with van der Waals surface area (Å²) in [6, 6.07) is 16.8. The molecule has 1 atom stereocenters. The smallest absolute Gasteiger partial charge is 0.254 e. The Balaban J connectivity index is 1.64. The highest BCUT2D eigenvalue weighted by atomic mass is 16.5. The zero-order valence-electron chi connectivity index (χ0n) is 15.6. The fraction of sp³-hybridized carbons (Fsp3) is 0.333. The van der Waals surface area contributed by atoms with Crippen LogP contribution in [0.1, 0.15) is 22.0 Å². The molecule has 1 fully saturated rings. The van der Waals surface area contributed by atoms with E-state index in [9.17, 15) is 10.1 Å². The number of amides is 1. The minimum absolute atomic E-state index is 0.00787. The molecule has 6 nitrogen and oxygen atoms in total. The second-order valence-corrected chi connectivity index (χ2v) is 6.36. The van der Waals surface area contributed by atoms with Gasteiger partial charge in [0.25, 0.3) is 5.91 Å². The summed E-state index contributed by atoms with van der Waals surface area (Å²) in [7, 11) is 3.21. The molecule has 2 aromatic rings. The van der Waals surface area contributed by atoms with Gasteiger partial charge in [0, 0.05) is 31.7 Å². The maximum absolute atomic E-state index is 12.7. The van der Waals surface area contributed by atoms with E-state index in [-0.39, 0.29) is 11.9 Å². The number of piperazine rings is 1. The molecule has 140 valence electrons. The van der Waals surface area contributed by atoms with Crippen molar-refractivity contribution in [2.45, 2.75) is 6.04 Å². The van der Waals surface area contributed by atoms with Crippen LogP contribution < -0.4 is 9.47 Å². The number of carbonyl (C=O) groups is 1. The molecule has 1 amide bonds. The molecule has 0 N–H and O–H groups in total. The van der Waals surface area contributed by atoms with E-state index in [1.165, 1.54) is 0 Å². The van der Waals surface area contributed by atoms with Crippen LogP contribution in [0.15, 0.2) is 48.5 Å². The van der Waals surface area contributed by atoms with Crippen molar-refractivity contribution in [3.05, 3.63) is 59.7 Å². The normalized spacial score (nSPS) is 15.7. The van der Waals surface area contributed by atoms with E-state index in [2.05, 4.69) is 11.0 Å². The summed E-state index contributed by atoms with van der Waals surface area (Å²) >= 11 is 0. The average Bonchev–Trinajstić information content (AvgIpc) is 2.75. The first-order valence-electron chi connectivity index (χ1n) is 8.87. The van der Waals surface area contributed by atoms with Gasteiger partial charge < -0.3 is 14.4 Å². The van der Waals surface area contributed by atoms with Gasteiger partial charge in [0.1, 0.15) is 17.5 Å². The van der Waals surface area contributed by atoms with Gasteiger partial charge in [-0.15, -0.1) is 0 Å². The van der Waals surface area contributed by atoms with Crippen LogP contribution >= 0.6 is 0 Å². The zero-order valence-corrected chi connectivity index (χ0v) is 15.6. The molecule has 0 radical (unpaired) electrons. The fourth-order valence-corrected chi connectivity index (χ4v) is 3.28. The topological polar surface area (TPSA) is 65.8 Å². The standard InChI is InChI=1S/C21H23N3O3/c1-26-18-8-6-16(7-9-18)20(15-22)23-10-12-24(13-11-23)21(25)17-4-3-5-19(14-17)27-2/h3-9,14,20H,10-13H2,1-2H3. The number of nitrogens with zero attached hydrogens (tertiary/aromatic N) is 3. The Bertz CT molecular complexity index is 821. The van der Waals surface area contributed by atoms with Gasteiger partial charge in [0.2, 0.25) is 0 Å². The van der Waals surface area contributed by atoms with Crippen molar-refractivity contribution in [2.24, 2.45) is 0 Å². The van der Waals surface area contributed by atoms with E-state index < -0.39 is 0 Å². The molecule has 1 aliphatic heterocycles. The molecule has 1 unspecified atom stereocenters.